The number of anilines is 1. The van der Waals surface area contributed by atoms with Crippen molar-refractivity contribution < 1.29 is 18.0 Å². The zero-order chi connectivity index (χ0) is 27.0. The Bertz CT molecular complexity index is 1320. The third-order valence-electron chi connectivity index (χ3n) is 5.71. The van der Waals surface area contributed by atoms with Crippen LogP contribution < -0.4 is 9.62 Å². The third kappa shape index (κ3) is 8.18. The molecule has 0 aliphatic carbocycles. The van der Waals surface area contributed by atoms with Gasteiger partial charge in [-0.3, -0.25) is 13.9 Å². The van der Waals surface area contributed by atoms with Crippen LogP contribution in [0.4, 0.5) is 5.69 Å². The summed E-state index contributed by atoms with van der Waals surface area (Å²) in [4.78, 5) is 28.6. The molecule has 3 aromatic carbocycles. The van der Waals surface area contributed by atoms with Crippen molar-refractivity contribution in [1.29, 1.82) is 0 Å². The average Bonchev–Trinajstić information content (AvgIpc) is 2.86. The van der Waals surface area contributed by atoms with Crippen LogP contribution in [0.5, 0.6) is 0 Å². The number of amides is 2. The minimum Gasteiger partial charge on any atom is -0.355 e. The Hall–Kier alpha value is -2.63. The molecule has 0 saturated carbocycles. The number of rotatable bonds is 11. The van der Waals surface area contributed by atoms with E-state index in [1.54, 1.807) is 55.5 Å². The van der Waals surface area contributed by atoms with Crippen LogP contribution in [0.25, 0.3) is 0 Å². The minimum absolute atomic E-state index is 0.0391. The van der Waals surface area contributed by atoms with Crippen LogP contribution in [0.3, 0.4) is 0 Å². The standard InChI is InChI=1S/C27H29ClIN3O4S/c1-3-30-27(34)25(17-20-9-5-4-6-10-20)31(18-21-11-7-8-12-24(21)28)26(33)19-32(37(2,35)36)23-15-13-22(29)14-16-23/h4-16,25H,3,17-19H2,1-2H3,(H,30,34). The van der Waals surface area contributed by atoms with E-state index in [0.717, 1.165) is 19.7 Å². The van der Waals surface area contributed by atoms with Gasteiger partial charge in [0.2, 0.25) is 21.8 Å². The number of carbonyl (C=O) groups is 2. The SMILES string of the molecule is CCNC(=O)C(Cc1ccccc1)N(Cc1ccccc1Cl)C(=O)CN(c1ccc(I)cc1)S(C)(=O)=O. The van der Waals surface area contributed by atoms with Crippen LogP contribution in [-0.2, 0) is 32.6 Å². The normalized spacial score (nSPS) is 12.0. The van der Waals surface area contributed by atoms with Crippen LogP contribution in [-0.4, -0.2) is 50.5 Å². The molecule has 0 radical (unpaired) electrons. The highest BCUT2D eigenvalue weighted by Crippen LogP contribution is 2.23. The van der Waals surface area contributed by atoms with Crippen LogP contribution in [0.2, 0.25) is 5.02 Å². The van der Waals surface area contributed by atoms with Crippen molar-refractivity contribution in [3.05, 3.63) is 98.6 Å². The number of nitrogens with one attached hydrogen (secondary N) is 1. The van der Waals surface area contributed by atoms with Crippen molar-refractivity contribution in [2.24, 2.45) is 0 Å². The molecule has 7 nitrogen and oxygen atoms in total. The lowest BCUT2D eigenvalue weighted by Gasteiger charge is -2.33. The number of nitrogens with zero attached hydrogens (tertiary/aromatic N) is 2. The summed E-state index contributed by atoms with van der Waals surface area (Å²) in [5.41, 5.74) is 1.89. The summed E-state index contributed by atoms with van der Waals surface area (Å²) in [7, 11) is -3.80. The molecule has 0 fully saturated rings. The highest BCUT2D eigenvalue weighted by atomic mass is 127. The van der Waals surface area contributed by atoms with Gasteiger partial charge >= 0.3 is 0 Å². The molecule has 0 heterocycles. The molecule has 1 N–H and O–H groups in total. The van der Waals surface area contributed by atoms with Gasteiger partial charge in [0.25, 0.3) is 0 Å². The fourth-order valence-corrected chi connectivity index (χ4v) is 5.28. The summed E-state index contributed by atoms with van der Waals surface area (Å²) < 4.78 is 27.5. The van der Waals surface area contributed by atoms with Crippen LogP contribution in [0.1, 0.15) is 18.1 Å². The Labute approximate surface area is 237 Å². The number of likely N-dealkylation sites (N-methyl/N-ethyl adjacent to an activating group) is 1. The number of carbonyl (C=O) groups excluding carboxylic acids is 2. The molecule has 0 aliphatic heterocycles. The fraction of sp³-hybridized carbons (Fsp3) is 0.259. The van der Waals surface area contributed by atoms with Crippen molar-refractivity contribution in [1.82, 2.24) is 10.2 Å². The Kier molecular flexibility index (Phi) is 10.4. The van der Waals surface area contributed by atoms with E-state index < -0.39 is 28.5 Å². The second-order valence-corrected chi connectivity index (χ2v) is 12.0. The lowest BCUT2D eigenvalue weighted by atomic mass is 10.0. The molecule has 0 aliphatic rings. The fourth-order valence-electron chi connectivity index (χ4n) is 3.88. The maximum Gasteiger partial charge on any atom is 0.244 e. The molecule has 0 bridgehead atoms. The van der Waals surface area contributed by atoms with Gasteiger partial charge in [0.1, 0.15) is 12.6 Å². The summed E-state index contributed by atoms with van der Waals surface area (Å²) in [6.07, 6.45) is 1.31. The number of benzene rings is 3. The van der Waals surface area contributed by atoms with Crippen LogP contribution in [0.15, 0.2) is 78.9 Å². The van der Waals surface area contributed by atoms with Crippen LogP contribution in [0, 0.1) is 3.57 Å². The first kappa shape index (κ1) is 28.9. The molecule has 196 valence electrons. The van der Waals surface area contributed by atoms with Crippen molar-refractivity contribution >= 4 is 61.7 Å². The van der Waals surface area contributed by atoms with Gasteiger partial charge in [-0.05, 0) is 71.0 Å². The number of hydrogen-bond donors (Lipinski definition) is 1. The molecule has 1 atom stereocenters. The van der Waals surface area contributed by atoms with E-state index >= 15 is 0 Å². The molecule has 0 aromatic heterocycles. The second kappa shape index (κ2) is 13.3. The summed E-state index contributed by atoms with van der Waals surface area (Å²) in [5, 5.41) is 3.28. The third-order valence-corrected chi connectivity index (χ3v) is 7.94. The molecule has 0 saturated heterocycles. The topological polar surface area (TPSA) is 86.8 Å². The first-order chi connectivity index (χ1) is 17.6. The van der Waals surface area contributed by atoms with Crippen molar-refractivity contribution in [3.63, 3.8) is 0 Å². The van der Waals surface area contributed by atoms with E-state index in [-0.39, 0.29) is 18.9 Å². The molecule has 0 spiro atoms. The van der Waals surface area contributed by atoms with E-state index in [1.807, 2.05) is 30.3 Å². The van der Waals surface area contributed by atoms with Crippen molar-refractivity contribution in [3.8, 4) is 0 Å². The van der Waals surface area contributed by atoms with E-state index in [1.165, 1.54) is 4.90 Å². The largest absolute Gasteiger partial charge is 0.355 e. The predicted octanol–water partition coefficient (Wildman–Crippen LogP) is 4.49. The lowest BCUT2D eigenvalue weighted by molar-refractivity contribution is -0.140. The minimum atomic E-state index is -3.80. The van der Waals surface area contributed by atoms with Crippen LogP contribution >= 0.6 is 34.2 Å². The molecular weight excluding hydrogens is 625 g/mol. The first-order valence-electron chi connectivity index (χ1n) is 11.7. The van der Waals surface area contributed by atoms with Gasteiger partial charge in [-0.25, -0.2) is 8.42 Å². The Morgan fingerprint density at radius 1 is 0.973 bits per heavy atom. The highest BCUT2D eigenvalue weighted by molar-refractivity contribution is 14.1. The summed E-state index contributed by atoms with van der Waals surface area (Å²) in [6.45, 7) is 1.77. The van der Waals surface area contributed by atoms with Crippen molar-refractivity contribution in [2.45, 2.75) is 25.9 Å². The van der Waals surface area contributed by atoms with E-state index in [0.29, 0.717) is 22.8 Å². The van der Waals surface area contributed by atoms with Gasteiger partial charge < -0.3 is 10.2 Å². The molecule has 37 heavy (non-hydrogen) atoms. The first-order valence-corrected chi connectivity index (χ1v) is 15.0. The Balaban J connectivity index is 2.04. The van der Waals surface area contributed by atoms with E-state index in [4.69, 9.17) is 11.6 Å². The monoisotopic (exact) mass is 653 g/mol. The zero-order valence-corrected chi connectivity index (χ0v) is 24.3. The number of hydrogen-bond acceptors (Lipinski definition) is 4. The van der Waals surface area contributed by atoms with Gasteiger partial charge in [-0.1, -0.05) is 60.1 Å². The smallest absolute Gasteiger partial charge is 0.244 e. The molecule has 2 amide bonds. The molecule has 3 rings (SSSR count). The molecule has 1 unspecified atom stereocenters. The predicted molar refractivity (Wildman–Crippen MR) is 156 cm³/mol. The lowest BCUT2D eigenvalue weighted by Crippen LogP contribution is -2.53. The summed E-state index contributed by atoms with van der Waals surface area (Å²) in [5.74, 6) is -0.844. The molecular formula is C27H29ClIN3O4S. The summed E-state index contributed by atoms with van der Waals surface area (Å²) in [6, 6.07) is 22.4. The Morgan fingerprint density at radius 2 is 1.59 bits per heavy atom. The highest BCUT2D eigenvalue weighted by Gasteiger charge is 2.33. The van der Waals surface area contributed by atoms with Gasteiger partial charge in [-0.2, -0.15) is 0 Å². The number of sulfonamides is 1. The van der Waals surface area contributed by atoms with E-state index in [9.17, 15) is 18.0 Å². The average molecular weight is 654 g/mol. The zero-order valence-electron chi connectivity index (χ0n) is 20.6. The molecule has 3 aromatic rings. The Morgan fingerprint density at radius 3 is 2.19 bits per heavy atom. The van der Waals surface area contributed by atoms with Gasteiger partial charge in [0.15, 0.2) is 0 Å². The number of halogens is 2. The quantitative estimate of drug-likeness (QED) is 0.309. The van der Waals surface area contributed by atoms with Gasteiger partial charge in [0, 0.05) is 28.1 Å². The molecule has 10 heteroatoms. The maximum absolute atomic E-state index is 13.9. The van der Waals surface area contributed by atoms with E-state index in [2.05, 4.69) is 27.9 Å². The second-order valence-electron chi connectivity index (χ2n) is 8.46. The van der Waals surface area contributed by atoms with Crippen molar-refractivity contribution in [2.75, 3.05) is 23.7 Å². The van der Waals surface area contributed by atoms with Gasteiger partial charge in [-0.15, -0.1) is 0 Å². The van der Waals surface area contributed by atoms with Gasteiger partial charge in [0.05, 0.1) is 11.9 Å². The maximum atomic E-state index is 13.9. The summed E-state index contributed by atoms with van der Waals surface area (Å²) >= 11 is 8.55.